The van der Waals surface area contributed by atoms with Crippen molar-refractivity contribution in [3.8, 4) is 0 Å². The second-order valence-electron chi connectivity index (χ2n) is 6.51. The fraction of sp³-hybridized carbons (Fsp3) is 0.190. The number of para-hydroxylation sites is 1. The zero-order valence-electron chi connectivity index (χ0n) is 15.1. The molecular formula is C21H19N3O2S. The second kappa shape index (κ2) is 6.96. The number of carbonyl (C=O) groups excluding carboxylic acids is 2. The van der Waals surface area contributed by atoms with Crippen LogP contribution in [0.25, 0.3) is 16.3 Å². The van der Waals surface area contributed by atoms with E-state index in [9.17, 15) is 9.59 Å². The van der Waals surface area contributed by atoms with Gasteiger partial charge in [-0.05, 0) is 29.3 Å². The van der Waals surface area contributed by atoms with Crippen LogP contribution in [0.4, 0.5) is 5.13 Å². The normalized spacial score (nSPS) is 15.6. The van der Waals surface area contributed by atoms with E-state index in [1.54, 1.807) is 23.0 Å². The highest BCUT2D eigenvalue weighted by atomic mass is 32.1. The summed E-state index contributed by atoms with van der Waals surface area (Å²) in [6.07, 6.45) is 3.88. The predicted molar refractivity (Wildman–Crippen MR) is 108 cm³/mol. The van der Waals surface area contributed by atoms with Gasteiger partial charge in [-0.1, -0.05) is 47.7 Å². The minimum Gasteiger partial charge on any atom is -0.311 e. The Hall–Kier alpha value is -2.99. The number of carbonyl (C=O) groups is 2. The molecule has 1 aromatic heterocycles. The molecule has 0 saturated heterocycles. The molecule has 2 aromatic carbocycles. The summed E-state index contributed by atoms with van der Waals surface area (Å²) in [4.78, 5) is 32.9. The van der Waals surface area contributed by atoms with Gasteiger partial charge in [0.25, 0.3) is 0 Å². The zero-order valence-corrected chi connectivity index (χ0v) is 15.9. The fourth-order valence-electron chi connectivity index (χ4n) is 3.33. The van der Waals surface area contributed by atoms with Crippen molar-refractivity contribution in [2.75, 3.05) is 11.9 Å². The van der Waals surface area contributed by atoms with E-state index in [1.807, 2.05) is 54.6 Å². The number of thiazole rings is 1. The Morgan fingerprint density at radius 3 is 2.67 bits per heavy atom. The SMILES string of the molecule is CC(=O)N1C=Cc2ccccc2C1CC(=O)N(C)c1nc2ccccc2s1. The Bertz CT molecular complexity index is 1020. The third kappa shape index (κ3) is 3.24. The molecule has 1 aliphatic rings. The molecule has 0 fully saturated rings. The van der Waals surface area contributed by atoms with E-state index in [0.717, 1.165) is 21.3 Å². The number of aromatic nitrogens is 1. The molecule has 0 saturated carbocycles. The van der Waals surface area contributed by atoms with Crippen molar-refractivity contribution in [2.24, 2.45) is 0 Å². The van der Waals surface area contributed by atoms with Crippen molar-refractivity contribution in [1.29, 1.82) is 0 Å². The highest BCUT2D eigenvalue weighted by molar-refractivity contribution is 7.22. The van der Waals surface area contributed by atoms with Gasteiger partial charge >= 0.3 is 0 Å². The maximum absolute atomic E-state index is 13.0. The van der Waals surface area contributed by atoms with E-state index in [-0.39, 0.29) is 24.3 Å². The minimum atomic E-state index is -0.312. The van der Waals surface area contributed by atoms with Gasteiger partial charge in [0.05, 0.1) is 22.7 Å². The van der Waals surface area contributed by atoms with E-state index in [1.165, 1.54) is 18.3 Å². The van der Waals surface area contributed by atoms with Crippen LogP contribution in [0.3, 0.4) is 0 Å². The largest absolute Gasteiger partial charge is 0.311 e. The van der Waals surface area contributed by atoms with Gasteiger partial charge in [-0.15, -0.1) is 0 Å². The first kappa shape index (κ1) is 17.4. The standard InChI is InChI=1S/C21H19N3O2S/c1-14(25)24-12-11-15-7-3-4-8-16(15)18(24)13-20(26)23(2)21-22-17-9-5-6-10-19(17)27-21/h3-12,18H,13H2,1-2H3. The first-order valence-corrected chi connectivity index (χ1v) is 9.54. The molecule has 0 aliphatic carbocycles. The summed E-state index contributed by atoms with van der Waals surface area (Å²) in [5, 5.41) is 0.662. The van der Waals surface area contributed by atoms with Gasteiger partial charge in [-0.2, -0.15) is 0 Å². The van der Waals surface area contributed by atoms with Gasteiger partial charge < -0.3 is 4.90 Å². The number of hydrogen-bond acceptors (Lipinski definition) is 4. The number of fused-ring (bicyclic) bond motifs is 2. The first-order chi connectivity index (χ1) is 13.0. The van der Waals surface area contributed by atoms with Crippen LogP contribution in [0.1, 0.15) is 30.5 Å². The van der Waals surface area contributed by atoms with Crippen molar-refractivity contribution < 1.29 is 9.59 Å². The van der Waals surface area contributed by atoms with Crippen molar-refractivity contribution in [3.63, 3.8) is 0 Å². The Labute approximate surface area is 161 Å². The number of hydrogen-bond donors (Lipinski definition) is 0. The quantitative estimate of drug-likeness (QED) is 0.687. The highest BCUT2D eigenvalue weighted by Crippen LogP contribution is 2.34. The summed E-state index contributed by atoms with van der Waals surface area (Å²) in [6.45, 7) is 1.52. The Kier molecular flexibility index (Phi) is 4.49. The van der Waals surface area contributed by atoms with Crippen LogP contribution in [0, 0.1) is 0 Å². The van der Waals surface area contributed by atoms with Gasteiger partial charge in [0, 0.05) is 20.2 Å². The summed E-state index contributed by atoms with van der Waals surface area (Å²) < 4.78 is 1.04. The maximum atomic E-state index is 13.0. The van der Waals surface area contributed by atoms with Gasteiger partial charge in [-0.25, -0.2) is 4.98 Å². The lowest BCUT2D eigenvalue weighted by Crippen LogP contribution is -2.36. The molecule has 1 aliphatic heterocycles. The predicted octanol–water partition coefficient (Wildman–Crippen LogP) is 4.22. The molecule has 0 radical (unpaired) electrons. The highest BCUT2D eigenvalue weighted by Gasteiger charge is 2.30. The van der Waals surface area contributed by atoms with Crippen LogP contribution in [-0.2, 0) is 9.59 Å². The van der Waals surface area contributed by atoms with Crippen LogP contribution in [0.2, 0.25) is 0 Å². The number of rotatable bonds is 3. The van der Waals surface area contributed by atoms with Gasteiger partial charge in [0.15, 0.2) is 5.13 Å². The lowest BCUT2D eigenvalue weighted by atomic mass is 9.93. The van der Waals surface area contributed by atoms with E-state index < -0.39 is 0 Å². The maximum Gasteiger partial charge on any atom is 0.230 e. The molecule has 2 amide bonds. The first-order valence-electron chi connectivity index (χ1n) is 8.73. The summed E-state index contributed by atoms with van der Waals surface area (Å²) in [7, 11) is 1.74. The van der Waals surface area contributed by atoms with Crippen LogP contribution < -0.4 is 4.90 Å². The monoisotopic (exact) mass is 377 g/mol. The molecule has 6 heteroatoms. The van der Waals surface area contributed by atoms with Crippen molar-refractivity contribution >= 4 is 44.6 Å². The van der Waals surface area contributed by atoms with Crippen molar-refractivity contribution in [1.82, 2.24) is 9.88 Å². The summed E-state index contributed by atoms with van der Waals surface area (Å²) in [5.41, 5.74) is 2.91. The van der Waals surface area contributed by atoms with E-state index in [2.05, 4.69) is 4.98 Å². The Morgan fingerprint density at radius 1 is 1.15 bits per heavy atom. The van der Waals surface area contributed by atoms with Crippen LogP contribution in [0.15, 0.2) is 54.7 Å². The second-order valence-corrected chi connectivity index (χ2v) is 7.52. The van der Waals surface area contributed by atoms with Gasteiger partial charge in [0.2, 0.25) is 11.8 Å². The Balaban J connectivity index is 1.61. The molecular weight excluding hydrogens is 358 g/mol. The fourth-order valence-corrected chi connectivity index (χ4v) is 4.27. The molecule has 27 heavy (non-hydrogen) atoms. The molecule has 2 heterocycles. The molecule has 0 N–H and O–H groups in total. The molecule has 4 rings (SSSR count). The molecule has 0 spiro atoms. The number of anilines is 1. The van der Waals surface area contributed by atoms with Crippen molar-refractivity contribution in [3.05, 3.63) is 65.9 Å². The molecule has 1 unspecified atom stereocenters. The summed E-state index contributed by atoms with van der Waals surface area (Å²) >= 11 is 1.49. The summed E-state index contributed by atoms with van der Waals surface area (Å²) in [6, 6.07) is 15.4. The smallest absolute Gasteiger partial charge is 0.230 e. The molecule has 136 valence electrons. The van der Waals surface area contributed by atoms with Crippen LogP contribution >= 0.6 is 11.3 Å². The lowest BCUT2D eigenvalue weighted by Gasteiger charge is -2.33. The van der Waals surface area contributed by atoms with E-state index in [4.69, 9.17) is 0 Å². The van der Waals surface area contributed by atoms with Gasteiger partial charge in [0.1, 0.15) is 0 Å². The number of benzene rings is 2. The number of nitrogens with zero attached hydrogens (tertiary/aromatic N) is 3. The summed E-state index contributed by atoms with van der Waals surface area (Å²) in [5.74, 6) is -0.156. The third-order valence-electron chi connectivity index (χ3n) is 4.78. The zero-order chi connectivity index (χ0) is 19.0. The number of amides is 2. The van der Waals surface area contributed by atoms with Crippen LogP contribution in [-0.4, -0.2) is 28.7 Å². The van der Waals surface area contributed by atoms with Crippen molar-refractivity contribution in [2.45, 2.75) is 19.4 Å². The topological polar surface area (TPSA) is 53.5 Å². The minimum absolute atomic E-state index is 0.0737. The average molecular weight is 377 g/mol. The molecule has 5 nitrogen and oxygen atoms in total. The van der Waals surface area contributed by atoms with Crippen LogP contribution in [0.5, 0.6) is 0 Å². The van der Waals surface area contributed by atoms with E-state index in [0.29, 0.717) is 5.13 Å². The lowest BCUT2D eigenvalue weighted by molar-refractivity contribution is -0.129. The van der Waals surface area contributed by atoms with E-state index >= 15 is 0 Å². The molecule has 0 bridgehead atoms. The third-order valence-corrected chi connectivity index (χ3v) is 5.89. The van der Waals surface area contributed by atoms with Gasteiger partial charge in [-0.3, -0.25) is 14.5 Å². The average Bonchev–Trinajstić information content (AvgIpc) is 3.11. The molecule has 1 atom stereocenters. The molecule has 3 aromatic rings. The Morgan fingerprint density at radius 2 is 1.89 bits per heavy atom.